The molecule has 47 heavy (non-hydrogen) atoms. The zero-order chi connectivity index (χ0) is 34.4. The molecule has 248 valence electrons. The fraction of sp³-hybridized carbons (Fsp3) is 0.257. The van der Waals surface area contributed by atoms with E-state index in [-0.39, 0.29) is 17.1 Å². The van der Waals surface area contributed by atoms with Gasteiger partial charge in [0.05, 0.1) is 21.3 Å². The number of methoxy groups -OCH3 is 3. The van der Waals surface area contributed by atoms with Crippen molar-refractivity contribution in [1.29, 1.82) is 0 Å². The minimum atomic E-state index is -4.69. The van der Waals surface area contributed by atoms with E-state index in [9.17, 15) is 9.59 Å². The third kappa shape index (κ3) is 7.81. The number of rotatable bonds is 13. The second kappa shape index (κ2) is 15.1. The zero-order valence-electron chi connectivity index (χ0n) is 27.3. The van der Waals surface area contributed by atoms with Gasteiger partial charge >= 0.3 is 19.7 Å². The predicted molar refractivity (Wildman–Crippen MR) is 184 cm³/mol. The Labute approximate surface area is 283 Å². The number of halogens is 1. The van der Waals surface area contributed by atoms with E-state index >= 15 is 4.57 Å². The molecule has 0 spiro atoms. The fourth-order valence-corrected chi connectivity index (χ4v) is 7.40. The molecule has 4 aromatic carbocycles. The molecular formula is C35H38BrN2O8P. The van der Waals surface area contributed by atoms with Gasteiger partial charge in [-0.1, -0.05) is 64.5 Å². The molecule has 0 radical (unpaired) electrons. The third-order valence-electron chi connectivity index (χ3n) is 7.63. The van der Waals surface area contributed by atoms with Crippen LogP contribution in [-0.4, -0.2) is 39.3 Å². The number of ether oxygens (including phenoxy) is 3. The molecular weight excluding hydrogens is 687 g/mol. The van der Waals surface area contributed by atoms with Crippen LogP contribution >= 0.6 is 23.7 Å². The SMILES string of the molecule is COC(=O)C(Nc1ccc(OC)cc1)C(NP(=O)(Oc1c(C)cccc1C)Oc1c(C)cccc1C)(C(=O)OC)c1ccc(Br)cc1. The van der Waals surface area contributed by atoms with E-state index < -0.39 is 31.3 Å². The van der Waals surface area contributed by atoms with E-state index in [4.69, 9.17) is 23.3 Å². The number of nitrogens with one attached hydrogen (secondary N) is 2. The highest BCUT2D eigenvalue weighted by Gasteiger charge is 2.58. The minimum Gasteiger partial charge on any atom is -0.497 e. The van der Waals surface area contributed by atoms with Crippen molar-refractivity contribution in [2.45, 2.75) is 39.3 Å². The standard InChI is InChI=1S/C35H38BrN2O8P/c1-22-10-8-11-23(2)30(22)45-47(41,46-31-24(3)12-9-13-25(31)4)38-35(34(40)44-7,26-14-16-27(36)17-15-26)32(33(39)43-6)37-28-18-20-29(42-5)21-19-28/h8-21,32,37H,1-7H3,(H,38,41). The van der Waals surface area contributed by atoms with Crippen molar-refractivity contribution in [1.82, 2.24) is 5.09 Å². The molecule has 2 N–H and O–H groups in total. The van der Waals surface area contributed by atoms with Gasteiger partial charge in [0, 0.05) is 10.2 Å². The Hall–Kier alpha value is -4.31. The monoisotopic (exact) mass is 724 g/mol. The van der Waals surface area contributed by atoms with Gasteiger partial charge in [0.25, 0.3) is 0 Å². The molecule has 2 atom stereocenters. The van der Waals surface area contributed by atoms with Crippen LogP contribution < -0.4 is 24.2 Å². The van der Waals surface area contributed by atoms with E-state index in [0.717, 1.165) is 0 Å². The predicted octanol–water partition coefficient (Wildman–Crippen LogP) is 7.57. The summed E-state index contributed by atoms with van der Waals surface area (Å²) in [5.41, 5.74) is 1.06. The van der Waals surface area contributed by atoms with Crippen LogP contribution in [0.5, 0.6) is 17.2 Å². The lowest BCUT2D eigenvalue weighted by Gasteiger charge is -2.40. The quantitative estimate of drug-likeness (QED) is 0.106. The normalized spacial score (nSPS) is 13.1. The highest BCUT2D eigenvalue weighted by molar-refractivity contribution is 9.10. The number of carbonyl (C=O) groups is 2. The van der Waals surface area contributed by atoms with Gasteiger partial charge in [0.1, 0.15) is 17.2 Å². The Kier molecular flexibility index (Phi) is 11.4. The van der Waals surface area contributed by atoms with Gasteiger partial charge in [-0.25, -0.2) is 14.2 Å². The number of carbonyl (C=O) groups excluding carboxylic acids is 2. The van der Waals surface area contributed by atoms with Crippen LogP contribution in [-0.2, 0) is 29.2 Å². The van der Waals surface area contributed by atoms with E-state index in [2.05, 4.69) is 26.3 Å². The first-order valence-electron chi connectivity index (χ1n) is 14.6. The maximum Gasteiger partial charge on any atom is 0.514 e. The number of benzene rings is 4. The van der Waals surface area contributed by atoms with Crippen molar-refractivity contribution >= 4 is 41.3 Å². The van der Waals surface area contributed by atoms with Crippen molar-refractivity contribution in [2.75, 3.05) is 26.6 Å². The zero-order valence-corrected chi connectivity index (χ0v) is 29.7. The molecule has 12 heteroatoms. The van der Waals surface area contributed by atoms with E-state index in [1.54, 1.807) is 100 Å². The largest absolute Gasteiger partial charge is 0.514 e. The van der Waals surface area contributed by atoms with Crippen LogP contribution in [0.2, 0.25) is 0 Å². The van der Waals surface area contributed by atoms with Crippen molar-refractivity contribution in [2.24, 2.45) is 0 Å². The highest BCUT2D eigenvalue weighted by Crippen LogP contribution is 2.52. The van der Waals surface area contributed by atoms with Gasteiger partial charge < -0.3 is 28.6 Å². The summed E-state index contributed by atoms with van der Waals surface area (Å²) >= 11 is 3.44. The lowest BCUT2D eigenvalue weighted by atomic mass is 9.83. The molecule has 2 unspecified atom stereocenters. The van der Waals surface area contributed by atoms with Gasteiger partial charge in [-0.2, -0.15) is 5.09 Å². The fourth-order valence-electron chi connectivity index (χ4n) is 5.17. The van der Waals surface area contributed by atoms with Crippen molar-refractivity contribution in [3.63, 3.8) is 0 Å². The van der Waals surface area contributed by atoms with Crippen LogP contribution in [0, 0.1) is 27.7 Å². The van der Waals surface area contributed by atoms with Crippen molar-refractivity contribution in [3.8, 4) is 17.2 Å². The lowest BCUT2D eigenvalue weighted by molar-refractivity contribution is -0.156. The molecule has 4 rings (SSSR count). The van der Waals surface area contributed by atoms with Crippen molar-refractivity contribution < 1.29 is 37.4 Å². The summed E-state index contributed by atoms with van der Waals surface area (Å²) in [4.78, 5) is 28.2. The molecule has 0 saturated heterocycles. The second-order valence-electron chi connectivity index (χ2n) is 10.9. The first-order chi connectivity index (χ1) is 22.4. The molecule has 0 aliphatic heterocycles. The first-order valence-corrected chi connectivity index (χ1v) is 16.9. The van der Waals surface area contributed by atoms with Crippen molar-refractivity contribution in [3.05, 3.63) is 117 Å². The number of hydrogen-bond donors (Lipinski definition) is 2. The number of esters is 2. The molecule has 10 nitrogen and oxygen atoms in total. The summed E-state index contributed by atoms with van der Waals surface area (Å²) in [6.07, 6.45) is 0. The second-order valence-corrected chi connectivity index (χ2v) is 13.4. The Morgan fingerprint density at radius 3 is 1.64 bits per heavy atom. The smallest absolute Gasteiger partial charge is 0.497 e. The Morgan fingerprint density at radius 2 is 1.21 bits per heavy atom. The number of hydrogen-bond acceptors (Lipinski definition) is 9. The average Bonchev–Trinajstić information content (AvgIpc) is 3.06. The summed E-state index contributed by atoms with van der Waals surface area (Å²) in [6.45, 7) is 7.21. The van der Waals surface area contributed by atoms with E-state index in [0.29, 0.717) is 38.2 Å². The van der Waals surface area contributed by atoms with Crippen LogP contribution in [0.4, 0.5) is 5.69 Å². The molecule has 0 aromatic heterocycles. The molecule has 0 aliphatic carbocycles. The van der Waals surface area contributed by atoms with Crippen LogP contribution in [0.25, 0.3) is 0 Å². The summed E-state index contributed by atoms with van der Waals surface area (Å²) in [5, 5.41) is 6.04. The number of aryl methyl sites for hydroxylation is 4. The third-order valence-corrected chi connectivity index (χ3v) is 9.63. The maximum absolute atomic E-state index is 15.4. The van der Waals surface area contributed by atoms with Gasteiger partial charge in [-0.15, -0.1) is 0 Å². The molecule has 0 aliphatic rings. The van der Waals surface area contributed by atoms with E-state index in [1.807, 2.05) is 12.1 Å². The lowest BCUT2D eigenvalue weighted by Crippen LogP contribution is -2.63. The maximum atomic E-state index is 15.4. The topological polar surface area (TPSA) is 121 Å². The average molecular weight is 726 g/mol. The van der Waals surface area contributed by atoms with Crippen LogP contribution in [0.15, 0.2) is 89.4 Å². The molecule has 0 heterocycles. The van der Waals surface area contributed by atoms with Crippen LogP contribution in [0.3, 0.4) is 0 Å². The Morgan fingerprint density at radius 1 is 0.723 bits per heavy atom. The van der Waals surface area contributed by atoms with E-state index in [1.165, 1.54) is 21.3 Å². The molecule has 4 aromatic rings. The minimum absolute atomic E-state index is 0.208. The first kappa shape index (κ1) is 35.5. The van der Waals surface area contributed by atoms with Gasteiger partial charge in [-0.05, 0) is 91.9 Å². The van der Waals surface area contributed by atoms with Gasteiger partial charge in [0.15, 0.2) is 11.6 Å². The summed E-state index contributed by atoms with van der Waals surface area (Å²) in [6, 6.07) is 22.6. The van der Waals surface area contributed by atoms with Crippen LogP contribution in [0.1, 0.15) is 27.8 Å². The van der Waals surface area contributed by atoms with Gasteiger partial charge in [0.2, 0.25) is 0 Å². The molecule has 0 amide bonds. The molecule has 0 bridgehead atoms. The Bertz CT molecular complexity index is 1680. The Balaban J connectivity index is 2.02. The molecule has 0 saturated carbocycles. The summed E-state index contributed by atoms with van der Waals surface area (Å²) < 4.78 is 44.7. The summed E-state index contributed by atoms with van der Waals surface area (Å²) in [5.74, 6) is -0.702. The number of para-hydroxylation sites is 2. The van der Waals surface area contributed by atoms with Gasteiger partial charge in [-0.3, -0.25) is 0 Å². The molecule has 0 fully saturated rings. The highest BCUT2D eigenvalue weighted by atomic mass is 79.9. The summed E-state index contributed by atoms with van der Waals surface area (Å²) in [7, 11) is -0.799. The number of anilines is 1.